The molecule has 11 heteroatoms. The third-order valence-corrected chi connectivity index (χ3v) is 4.98. The van der Waals surface area contributed by atoms with E-state index in [1.807, 2.05) is 0 Å². The molecule has 0 fully saturated rings. The number of nitrogens with two attached hydrogens (primary N) is 1. The van der Waals surface area contributed by atoms with Gasteiger partial charge in [-0.2, -0.15) is 5.10 Å². The number of nitrogen functional groups attached to an aromatic ring is 1. The third-order valence-electron chi connectivity index (χ3n) is 4.98. The number of anilines is 2. The molecular formula is C23H17FN8O2. The molecular weight excluding hydrogens is 439 g/mol. The molecule has 0 aliphatic heterocycles. The van der Waals surface area contributed by atoms with Gasteiger partial charge in [-0.3, -0.25) is 14.5 Å². The standard InChI is InChI=1S/C23H17FN8O2/c24-16-6-2-1-4-15(16)13-32-20(17-7-9-34-31-17)10-18(30-32)22-27-12-19(21(25)29-22)28-23(33)14-5-3-8-26-11-14/h1-12H,13H2,(H,28,33)(H2,25,27,29). The summed E-state index contributed by atoms with van der Waals surface area (Å²) in [5, 5.41) is 11.2. The Morgan fingerprint density at radius 1 is 1.12 bits per heavy atom. The van der Waals surface area contributed by atoms with Gasteiger partial charge in [-0.05, 0) is 24.3 Å². The summed E-state index contributed by atoms with van der Waals surface area (Å²) >= 11 is 0. The molecule has 0 atom stereocenters. The Kier molecular flexibility index (Phi) is 5.48. The number of amides is 1. The molecule has 5 rings (SSSR count). The van der Waals surface area contributed by atoms with Crippen molar-refractivity contribution < 1.29 is 13.7 Å². The number of hydrogen-bond donors (Lipinski definition) is 2. The highest BCUT2D eigenvalue weighted by molar-refractivity contribution is 6.05. The number of pyridine rings is 1. The predicted octanol–water partition coefficient (Wildman–Crippen LogP) is 3.41. The van der Waals surface area contributed by atoms with Crippen LogP contribution in [0.15, 0.2) is 77.9 Å². The van der Waals surface area contributed by atoms with Crippen molar-refractivity contribution in [2.24, 2.45) is 0 Å². The van der Waals surface area contributed by atoms with Crippen molar-refractivity contribution in [2.45, 2.75) is 6.54 Å². The van der Waals surface area contributed by atoms with Gasteiger partial charge in [0.15, 0.2) is 11.6 Å². The van der Waals surface area contributed by atoms with E-state index in [2.05, 4.69) is 30.5 Å². The van der Waals surface area contributed by atoms with Crippen molar-refractivity contribution in [3.05, 3.63) is 90.3 Å². The van der Waals surface area contributed by atoms with Crippen LogP contribution in [0.1, 0.15) is 15.9 Å². The Morgan fingerprint density at radius 2 is 2.00 bits per heavy atom. The second kappa shape index (κ2) is 8.90. The van der Waals surface area contributed by atoms with Crippen molar-refractivity contribution in [1.29, 1.82) is 0 Å². The maximum absolute atomic E-state index is 14.2. The fourth-order valence-electron chi connectivity index (χ4n) is 3.29. The van der Waals surface area contributed by atoms with Crippen molar-refractivity contribution in [1.82, 2.24) is 29.9 Å². The van der Waals surface area contributed by atoms with Crippen LogP contribution < -0.4 is 11.1 Å². The highest BCUT2D eigenvalue weighted by Gasteiger charge is 2.18. The molecule has 3 N–H and O–H groups in total. The molecule has 0 bridgehead atoms. The number of hydrogen-bond acceptors (Lipinski definition) is 8. The molecule has 0 spiro atoms. The van der Waals surface area contributed by atoms with E-state index in [9.17, 15) is 9.18 Å². The zero-order valence-corrected chi connectivity index (χ0v) is 17.6. The second-order valence-electron chi connectivity index (χ2n) is 7.24. The van der Waals surface area contributed by atoms with Gasteiger partial charge in [0.25, 0.3) is 5.91 Å². The summed E-state index contributed by atoms with van der Waals surface area (Å²) < 4.78 is 20.8. The van der Waals surface area contributed by atoms with E-state index in [0.717, 1.165) is 0 Å². The monoisotopic (exact) mass is 456 g/mol. The molecule has 168 valence electrons. The number of halogens is 1. The topological polar surface area (TPSA) is 138 Å². The van der Waals surface area contributed by atoms with Gasteiger partial charge in [-0.1, -0.05) is 23.4 Å². The number of nitrogens with zero attached hydrogens (tertiary/aromatic N) is 6. The number of benzene rings is 1. The molecule has 1 aromatic carbocycles. The van der Waals surface area contributed by atoms with Crippen LogP contribution in [0, 0.1) is 5.82 Å². The zero-order valence-electron chi connectivity index (χ0n) is 17.6. The fourth-order valence-corrected chi connectivity index (χ4v) is 3.29. The van der Waals surface area contributed by atoms with E-state index in [0.29, 0.717) is 28.2 Å². The average molecular weight is 456 g/mol. The first-order valence-corrected chi connectivity index (χ1v) is 10.1. The zero-order chi connectivity index (χ0) is 23.5. The van der Waals surface area contributed by atoms with Crippen molar-refractivity contribution in [2.75, 3.05) is 11.1 Å². The van der Waals surface area contributed by atoms with E-state index in [4.69, 9.17) is 10.3 Å². The maximum Gasteiger partial charge on any atom is 0.257 e. The molecule has 0 saturated heterocycles. The first kappa shape index (κ1) is 20.9. The number of carbonyl (C=O) groups is 1. The van der Waals surface area contributed by atoms with Crippen LogP contribution in [0.2, 0.25) is 0 Å². The first-order chi connectivity index (χ1) is 16.6. The van der Waals surface area contributed by atoms with Crippen LogP contribution in [-0.2, 0) is 6.54 Å². The molecule has 4 aromatic heterocycles. The molecule has 34 heavy (non-hydrogen) atoms. The molecule has 0 unspecified atom stereocenters. The van der Waals surface area contributed by atoms with Gasteiger partial charge >= 0.3 is 0 Å². The Hall–Kier alpha value is -4.93. The maximum atomic E-state index is 14.2. The lowest BCUT2D eigenvalue weighted by Crippen LogP contribution is -2.14. The summed E-state index contributed by atoms with van der Waals surface area (Å²) in [6, 6.07) is 13.1. The van der Waals surface area contributed by atoms with Crippen LogP contribution in [-0.4, -0.2) is 35.8 Å². The summed E-state index contributed by atoms with van der Waals surface area (Å²) in [6.07, 6.45) is 5.84. The predicted molar refractivity (Wildman–Crippen MR) is 121 cm³/mol. The average Bonchev–Trinajstić information content (AvgIpc) is 3.52. The summed E-state index contributed by atoms with van der Waals surface area (Å²) in [4.78, 5) is 24.9. The van der Waals surface area contributed by atoms with E-state index in [-0.39, 0.29) is 29.7 Å². The summed E-state index contributed by atoms with van der Waals surface area (Å²) in [5.74, 6) is -0.443. The Bertz CT molecular complexity index is 1450. The molecule has 5 aromatic rings. The highest BCUT2D eigenvalue weighted by Crippen LogP contribution is 2.26. The molecule has 4 heterocycles. The minimum atomic E-state index is -0.390. The first-order valence-electron chi connectivity index (χ1n) is 10.1. The second-order valence-corrected chi connectivity index (χ2v) is 7.24. The number of nitrogens with one attached hydrogen (secondary N) is 1. The van der Waals surface area contributed by atoms with Gasteiger partial charge in [0, 0.05) is 24.0 Å². The van der Waals surface area contributed by atoms with Crippen LogP contribution in [0.3, 0.4) is 0 Å². The van der Waals surface area contributed by atoms with Gasteiger partial charge < -0.3 is 15.6 Å². The van der Waals surface area contributed by atoms with E-state index in [1.54, 1.807) is 53.3 Å². The van der Waals surface area contributed by atoms with E-state index < -0.39 is 5.91 Å². The van der Waals surface area contributed by atoms with Crippen LogP contribution in [0.5, 0.6) is 0 Å². The highest BCUT2D eigenvalue weighted by atomic mass is 19.1. The lowest BCUT2D eigenvalue weighted by atomic mass is 10.2. The summed E-state index contributed by atoms with van der Waals surface area (Å²) in [7, 11) is 0. The number of rotatable bonds is 6. The number of aromatic nitrogens is 6. The minimum Gasteiger partial charge on any atom is -0.382 e. The van der Waals surface area contributed by atoms with Gasteiger partial charge in [0.1, 0.15) is 29.2 Å². The molecule has 0 aliphatic carbocycles. The fraction of sp³-hybridized carbons (Fsp3) is 0.0435. The Labute approximate surface area is 192 Å². The minimum absolute atomic E-state index is 0.0638. The summed E-state index contributed by atoms with van der Waals surface area (Å²) in [5.41, 5.74) is 8.65. The molecule has 10 nitrogen and oxygen atoms in total. The largest absolute Gasteiger partial charge is 0.382 e. The Morgan fingerprint density at radius 3 is 2.74 bits per heavy atom. The van der Waals surface area contributed by atoms with Gasteiger partial charge in [0.05, 0.1) is 24.0 Å². The van der Waals surface area contributed by atoms with Gasteiger partial charge in [-0.15, -0.1) is 0 Å². The van der Waals surface area contributed by atoms with Crippen LogP contribution >= 0.6 is 0 Å². The van der Waals surface area contributed by atoms with Crippen molar-refractivity contribution >= 4 is 17.4 Å². The normalized spacial score (nSPS) is 10.9. The lowest BCUT2D eigenvalue weighted by molar-refractivity contribution is 0.102. The number of carbonyl (C=O) groups excluding carboxylic acids is 1. The van der Waals surface area contributed by atoms with Gasteiger partial charge in [0.2, 0.25) is 0 Å². The molecule has 0 aliphatic rings. The van der Waals surface area contributed by atoms with Crippen LogP contribution in [0.25, 0.3) is 22.9 Å². The molecule has 0 radical (unpaired) electrons. The molecule has 0 saturated carbocycles. The smallest absolute Gasteiger partial charge is 0.257 e. The SMILES string of the molecule is Nc1nc(-c2cc(-c3ccon3)n(Cc3ccccc3F)n2)ncc1NC(=O)c1cccnc1. The molecule has 1 amide bonds. The lowest BCUT2D eigenvalue weighted by Gasteiger charge is -2.08. The Balaban J connectivity index is 1.46. The third kappa shape index (κ3) is 4.21. The van der Waals surface area contributed by atoms with Crippen molar-refractivity contribution in [3.63, 3.8) is 0 Å². The summed E-state index contributed by atoms with van der Waals surface area (Å²) in [6.45, 7) is 0.156. The van der Waals surface area contributed by atoms with E-state index in [1.165, 1.54) is 24.7 Å². The van der Waals surface area contributed by atoms with Gasteiger partial charge in [-0.25, -0.2) is 14.4 Å². The van der Waals surface area contributed by atoms with Crippen molar-refractivity contribution in [3.8, 4) is 22.9 Å². The van der Waals surface area contributed by atoms with Crippen LogP contribution in [0.4, 0.5) is 15.9 Å². The quantitative estimate of drug-likeness (QED) is 0.396. The van der Waals surface area contributed by atoms with E-state index >= 15 is 0 Å².